The molecule has 2 atom stereocenters. The van der Waals surface area contributed by atoms with E-state index < -0.39 is 0 Å². The zero-order valence-corrected chi connectivity index (χ0v) is 11.6. The summed E-state index contributed by atoms with van der Waals surface area (Å²) in [6.45, 7) is 8.67. The lowest BCUT2D eigenvalue weighted by Gasteiger charge is -2.18. The molecule has 0 aromatic carbocycles. The number of aryl methyl sites for hydroxylation is 1. The molecule has 0 aliphatic heterocycles. The number of fused-ring (bicyclic) bond motifs is 1. The monoisotopic (exact) mass is 246 g/mol. The number of hydrogen-bond donors (Lipinski definition) is 1. The van der Waals surface area contributed by atoms with Gasteiger partial charge in [-0.25, -0.2) is 9.97 Å². The summed E-state index contributed by atoms with van der Waals surface area (Å²) < 4.78 is 2.06. The van der Waals surface area contributed by atoms with Gasteiger partial charge in [0.05, 0.1) is 0 Å². The van der Waals surface area contributed by atoms with Crippen molar-refractivity contribution in [2.75, 3.05) is 5.73 Å². The van der Waals surface area contributed by atoms with E-state index in [1.54, 1.807) is 0 Å². The van der Waals surface area contributed by atoms with Crippen molar-refractivity contribution < 1.29 is 0 Å². The van der Waals surface area contributed by atoms with Gasteiger partial charge in [-0.1, -0.05) is 20.3 Å². The molecule has 0 radical (unpaired) electrons. The first kappa shape index (κ1) is 12.9. The molecule has 4 heteroatoms. The second-order valence-electron chi connectivity index (χ2n) is 5.23. The fraction of sp³-hybridized carbons (Fsp3) is 0.571. The molecule has 0 saturated heterocycles. The van der Waals surface area contributed by atoms with Crippen molar-refractivity contribution in [1.29, 1.82) is 0 Å². The Labute approximate surface area is 108 Å². The Morgan fingerprint density at radius 3 is 2.67 bits per heavy atom. The third-order valence-corrected chi connectivity index (χ3v) is 3.58. The lowest BCUT2D eigenvalue weighted by Crippen LogP contribution is -2.12. The van der Waals surface area contributed by atoms with Crippen LogP contribution < -0.4 is 5.73 Å². The highest BCUT2D eigenvalue weighted by atomic mass is 15.2. The minimum atomic E-state index is 0.333. The molecule has 0 aliphatic rings. The highest BCUT2D eigenvalue weighted by molar-refractivity contribution is 5.74. The first-order valence-electron chi connectivity index (χ1n) is 6.64. The SMILES string of the molecule is CCC(C)CC(C)n1c(N)nc2ccc(C)nc21. The predicted octanol–water partition coefficient (Wildman–Crippen LogP) is 3.32. The molecular formula is C14H22N4. The minimum absolute atomic E-state index is 0.333. The number of hydrogen-bond acceptors (Lipinski definition) is 3. The van der Waals surface area contributed by atoms with Crippen molar-refractivity contribution in [1.82, 2.24) is 14.5 Å². The average molecular weight is 246 g/mol. The Kier molecular flexibility index (Phi) is 3.55. The van der Waals surface area contributed by atoms with Crippen LogP contribution in [-0.2, 0) is 0 Å². The van der Waals surface area contributed by atoms with Crippen LogP contribution >= 0.6 is 0 Å². The maximum atomic E-state index is 6.03. The molecule has 0 spiro atoms. The number of nitrogen functional groups attached to an aromatic ring is 1. The first-order valence-corrected chi connectivity index (χ1v) is 6.64. The van der Waals surface area contributed by atoms with Crippen LogP contribution in [0.2, 0.25) is 0 Å². The molecule has 0 fully saturated rings. The van der Waals surface area contributed by atoms with Gasteiger partial charge in [0.2, 0.25) is 5.95 Å². The Balaban J connectivity index is 2.42. The smallest absolute Gasteiger partial charge is 0.202 e. The van der Waals surface area contributed by atoms with Crippen molar-refractivity contribution in [3.05, 3.63) is 17.8 Å². The quantitative estimate of drug-likeness (QED) is 0.900. The molecule has 0 aliphatic carbocycles. The molecule has 2 unspecified atom stereocenters. The summed E-state index contributed by atoms with van der Waals surface area (Å²) in [4.78, 5) is 8.96. The van der Waals surface area contributed by atoms with Crippen LogP contribution in [0.5, 0.6) is 0 Å². The fourth-order valence-corrected chi connectivity index (χ4v) is 2.37. The number of nitrogens with zero attached hydrogens (tertiary/aromatic N) is 3. The van der Waals surface area contributed by atoms with Gasteiger partial charge in [-0.2, -0.15) is 0 Å². The average Bonchev–Trinajstić information content (AvgIpc) is 2.64. The molecule has 0 amide bonds. The van der Waals surface area contributed by atoms with Crippen molar-refractivity contribution in [3.63, 3.8) is 0 Å². The number of pyridine rings is 1. The van der Waals surface area contributed by atoms with E-state index >= 15 is 0 Å². The normalized spacial score (nSPS) is 14.9. The number of imidazole rings is 1. The van der Waals surface area contributed by atoms with Crippen LogP contribution in [0, 0.1) is 12.8 Å². The lowest BCUT2D eigenvalue weighted by atomic mass is 10.0. The zero-order chi connectivity index (χ0) is 13.3. The summed E-state index contributed by atoms with van der Waals surface area (Å²) in [6.07, 6.45) is 2.28. The molecular weight excluding hydrogens is 224 g/mol. The topological polar surface area (TPSA) is 56.7 Å². The van der Waals surface area contributed by atoms with Crippen molar-refractivity contribution >= 4 is 17.1 Å². The molecule has 2 N–H and O–H groups in total. The number of aromatic nitrogens is 3. The molecule has 2 aromatic rings. The van der Waals surface area contributed by atoms with Crippen LogP contribution in [0.15, 0.2) is 12.1 Å². The first-order chi connectivity index (χ1) is 8.52. The Morgan fingerprint density at radius 1 is 1.28 bits per heavy atom. The summed E-state index contributed by atoms with van der Waals surface area (Å²) in [5.74, 6) is 1.25. The minimum Gasteiger partial charge on any atom is -0.369 e. The van der Waals surface area contributed by atoms with Gasteiger partial charge >= 0.3 is 0 Å². The van der Waals surface area contributed by atoms with Crippen LogP contribution in [0.25, 0.3) is 11.2 Å². The summed E-state index contributed by atoms with van der Waals surface area (Å²) in [5, 5.41) is 0. The Morgan fingerprint density at radius 2 is 2.00 bits per heavy atom. The maximum absolute atomic E-state index is 6.03. The third kappa shape index (κ3) is 2.33. The van der Waals surface area contributed by atoms with Gasteiger partial charge in [0.15, 0.2) is 5.65 Å². The number of rotatable bonds is 4. The van der Waals surface area contributed by atoms with Gasteiger partial charge in [0.1, 0.15) is 5.52 Å². The zero-order valence-electron chi connectivity index (χ0n) is 11.6. The lowest BCUT2D eigenvalue weighted by molar-refractivity contribution is 0.406. The van der Waals surface area contributed by atoms with Crippen molar-refractivity contribution in [3.8, 4) is 0 Å². The predicted molar refractivity (Wildman–Crippen MR) is 75.5 cm³/mol. The van der Waals surface area contributed by atoms with E-state index in [2.05, 4.69) is 35.3 Å². The highest BCUT2D eigenvalue weighted by Gasteiger charge is 2.16. The van der Waals surface area contributed by atoms with E-state index in [0.717, 1.165) is 23.3 Å². The number of nitrogens with two attached hydrogens (primary N) is 1. The molecule has 98 valence electrons. The summed E-state index contributed by atoms with van der Waals surface area (Å²) in [6, 6.07) is 4.29. The van der Waals surface area contributed by atoms with Gasteiger partial charge in [0.25, 0.3) is 0 Å². The van der Waals surface area contributed by atoms with Crippen LogP contribution in [0.4, 0.5) is 5.95 Å². The second kappa shape index (κ2) is 4.96. The Hall–Kier alpha value is -1.58. The van der Waals surface area contributed by atoms with E-state index in [-0.39, 0.29) is 0 Å². The van der Waals surface area contributed by atoms with Gasteiger partial charge in [-0.05, 0) is 38.3 Å². The van der Waals surface area contributed by atoms with E-state index in [1.165, 1.54) is 6.42 Å². The summed E-state index contributed by atoms with van der Waals surface area (Å²) >= 11 is 0. The number of anilines is 1. The van der Waals surface area contributed by atoms with Gasteiger partial charge < -0.3 is 5.73 Å². The molecule has 4 nitrogen and oxygen atoms in total. The van der Waals surface area contributed by atoms with Crippen molar-refractivity contribution in [2.24, 2.45) is 5.92 Å². The third-order valence-electron chi connectivity index (χ3n) is 3.58. The molecule has 18 heavy (non-hydrogen) atoms. The van der Waals surface area contributed by atoms with Crippen LogP contribution in [0.3, 0.4) is 0 Å². The molecule has 2 heterocycles. The fourth-order valence-electron chi connectivity index (χ4n) is 2.37. The van der Waals surface area contributed by atoms with E-state index in [9.17, 15) is 0 Å². The molecule has 0 saturated carbocycles. The summed E-state index contributed by atoms with van der Waals surface area (Å²) in [7, 11) is 0. The van der Waals surface area contributed by atoms with E-state index in [4.69, 9.17) is 5.73 Å². The van der Waals surface area contributed by atoms with E-state index in [0.29, 0.717) is 17.9 Å². The molecule has 2 rings (SSSR count). The van der Waals surface area contributed by atoms with Crippen LogP contribution in [-0.4, -0.2) is 14.5 Å². The molecule has 0 bridgehead atoms. The van der Waals surface area contributed by atoms with E-state index in [1.807, 2.05) is 19.1 Å². The van der Waals surface area contributed by atoms with Gasteiger partial charge in [-0.3, -0.25) is 4.57 Å². The summed E-state index contributed by atoms with van der Waals surface area (Å²) in [5.41, 5.74) is 8.82. The maximum Gasteiger partial charge on any atom is 0.202 e. The highest BCUT2D eigenvalue weighted by Crippen LogP contribution is 2.26. The van der Waals surface area contributed by atoms with Crippen LogP contribution in [0.1, 0.15) is 45.3 Å². The largest absolute Gasteiger partial charge is 0.369 e. The van der Waals surface area contributed by atoms with Gasteiger partial charge in [-0.15, -0.1) is 0 Å². The van der Waals surface area contributed by atoms with Gasteiger partial charge in [0, 0.05) is 11.7 Å². The second-order valence-corrected chi connectivity index (χ2v) is 5.23. The molecule has 2 aromatic heterocycles. The Bertz CT molecular complexity index is 544. The van der Waals surface area contributed by atoms with Crippen molar-refractivity contribution in [2.45, 2.75) is 46.6 Å². The standard InChI is InChI=1S/C14H22N4/c1-5-9(2)8-11(4)18-13-12(17-14(18)15)7-6-10(3)16-13/h6-7,9,11H,5,8H2,1-4H3,(H2,15,17).